The number of nitrogens with zero attached hydrogens (tertiary/aromatic N) is 3. The van der Waals surface area contributed by atoms with E-state index in [1.807, 2.05) is 19.3 Å². The van der Waals surface area contributed by atoms with Crippen LogP contribution in [0.5, 0.6) is 0 Å². The minimum Gasteiger partial charge on any atom is -0.307 e. The summed E-state index contributed by atoms with van der Waals surface area (Å²) >= 11 is 6.00. The van der Waals surface area contributed by atoms with Crippen LogP contribution in [0.15, 0.2) is 30.5 Å². The van der Waals surface area contributed by atoms with Crippen LogP contribution in [0.25, 0.3) is 0 Å². The van der Waals surface area contributed by atoms with Crippen molar-refractivity contribution < 1.29 is 4.92 Å². The van der Waals surface area contributed by atoms with Gasteiger partial charge in [-0.05, 0) is 12.1 Å². The normalized spacial score (nSPS) is 10.6. The van der Waals surface area contributed by atoms with Gasteiger partial charge < -0.3 is 5.32 Å². The molecule has 2 aromatic rings. The average Bonchev–Trinajstić information content (AvgIpc) is 2.77. The number of nitrogens with one attached hydrogen (secondary N) is 1. The molecule has 0 saturated carbocycles. The predicted octanol–water partition coefficient (Wildman–Crippen LogP) is 2.27. The molecule has 0 spiro atoms. The standard InChI is InChI=1S/C12H13ClN4O2/c1-16-6-5-9(15-16)7-14-8-10-11(13)3-2-4-12(10)17(18)19/h2-6,14H,7-8H2,1H3. The monoisotopic (exact) mass is 280 g/mol. The third-order valence-corrected chi connectivity index (χ3v) is 3.02. The first-order chi connectivity index (χ1) is 9.08. The zero-order valence-electron chi connectivity index (χ0n) is 10.3. The fourth-order valence-corrected chi connectivity index (χ4v) is 2.00. The van der Waals surface area contributed by atoms with Gasteiger partial charge in [-0.3, -0.25) is 14.8 Å². The highest BCUT2D eigenvalue weighted by Gasteiger charge is 2.15. The molecule has 0 aliphatic heterocycles. The Hall–Kier alpha value is -1.92. The number of hydrogen-bond donors (Lipinski definition) is 1. The number of nitro groups is 1. The lowest BCUT2D eigenvalue weighted by atomic mass is 10.2. The molecular weight excluding hydrogens is 268 g/mol. The molecule has 0 amide bonds. The van der Waals surface area contributed by atoms with Crippen LogP contribution in [-0.4, -0.2) is 14.7 Å². The van der Waals surface area contributed by atoms with E-state index in [-0.39, 0.29) is 5.69 Å². The lowest BCUT2D eigenvalue weighted by molar-refractivity contribution is -0.385. The van der Waals surface area contributed by atoms with E-state index < -0.39 is 4.92 Å². The maximum absolute atomic E-state index is 10.9. The van der Waals surface area contributed by atoms with E-state index >= 15 is 0 Å². The molecule has 2 rings (SSSR count). The number of rotatable bonds is 5. The Bertz CT molecular complexity index is 597. The lowest BCUT2D eigenvalue weighted by Gasteiger charge is -2.06. The molecule has 0 atom stereocenters. The molecule has 0 bridgehead atoms. The van der Waals surface area contributed by atoms with Crippen molar-refractivity contribution in [1.82, 2.24) is 15.1 Å². The summed E-state index contributed by atoms with van der Waals surface area (Å²) in [5.74, 6) is 0. The first-order valence-electron chi connectivity index (χ1n) is 5.69. The molecule has 0 saturated heterocycles. The Morgan fingerprint density at radius 1 is 1.42 bits per heavy atom. The van der Waals surface area contributed by atoms with Gasteiger partial charge >= 0.3 is 0 Å². The summed E-state index contributed by atoms with van der Waals surface area (Å²) in [5.41, 5.74) is 1.39. The van der Waals surface area contributed by atoms with Crippen LogP contribution in [0.1, 0.15) is 11.3 Å². The third kappa shape index (κ3) is 3.30. The Kier molecular flexibility index (Phi) is 4.13. The Labute approximate surface area is 115 Å². The van der Waals surface area contributed by atoms with Crippen molar-refractivity contribution in [3.63, 3.8) is 0 Å². The first kappa shape index (κ1) is 13.5. The van der Waals surface area contributed by atoms with Crippen LogP contribution in [0, 0.1) is 10.1 Å². The van der Waals surface area contributed by atoms with Gasteiger partial charge in [0.1, 0.15) is 0 Å². The molecule has 100 valence electrons. The minimum atomic E-state index is -0.427. The van der Waals surface area contributed by atoms with E-state index in [4.69, 9.17) is 11.6 Å². The van der Waals surface area contributed by atoms with Gasteiger partial charge in [0.25, 0.3) is 5.69 Å². The van der Waals surface area contributed by atoms with Crippen molar-refractivity contribution in [2.45, 2.75) is 13.1 Å². The number of aryl methyl sites for hydroxylation is 1. The maximum Gasteiger partial charge on any atom is 0.275 e. The summed E-state index contributed by atoms with van der Waals surface area (Å²) < 4.78 is 1.70. The Morgan fingerprint density at radius 3 is 2.84 bits per heavy atom. The van der Waals surface area contributed by atoms with E-state index in [1.165, 1.54) is 6.07 Å². The van der Waals surface area contributed by atoms with Crippen LogP contribution in [0.2, 0.25) is 5.02 Å². The van der Waals surface area contributed by atoms with E-state index in [2.05, 4.69) is 10.4 Å². The molecule has 1 aromatic carbocycles. The molecule has 0 unspecified atom stereocenters. The number of hydrogen-bond acceptors (Lipinski definition) is 4. The lowest BCUT2D eigenvalue weighted by Crippen LogP contribution is -2.14. The van der Waals surface area contributed by atoms with Crippen molar-refractivity contribution in [2.24, 2.45) is 7.05 Å². The fourth-order valence-electron chi connectivity index (χ4n) is 1.77. The Balaban J connectivity index is 2.05. The SMILES string of the molecule is Cn1ccc(CNCc2c(Cl)cccc2[N+](=O)[O-])n1. The van der Waals surface area contributed by atoms with Crippen LogP contribution >= 0.6 is 11.6 Å². The molecular formula is C12H13ClN4O2. The van der Waals surface area contributed by atoms with Crippen LogP contribution < -0.4 is 5.32 Å². The summed E-state index contributed by atoms with van der Waals surface area (Å²) in [5, 5.41) is 18.6. The van der Waals surface area contributed by atoms with Crippen LogP contribution in [-0.2, 0) is 20.1 Å². The van der Waals surface area contributed by atoms with Crippen LogP contribution in [0.4, 0.5) is 5.69 Å². The zero-order chi connectivity index (χ0) is 13.8. The van der Waals surface area contributed by atoms with Gasteiger partial charge in [0.15, 0.2) is 0 Å². The topological polar surface area (TPSA) is 73.0 Å². The molecule has 0 aliphatic rings. The predicted molar refractivity (Wildman–Crippen MR) is 71.9 cm³/mol. The quantitative estimate of drug-likeness (QED) is 0.673. The number of nitro benzene ring substituents is 1. The third-order valence-electron chi connectivity index (χ3n) is 2.67. The van der Waals surface area contributed by atoms with Gasteiger partial charge in [0.2, 0.25) is 0 Å². The Morgan fingerprint density at radius 2 is 2.21 bits per heavy atom. The molecule has 1 heterocycles. The molecule has 7 heteroatoms. The summed E-state index contributed by atoms with van der Waals surface area (Å²) in [7, 11) is 1.84. The van der Waals surface area contributed by atoms with E-state index in [1.54, 1.807) is 16.8 Å². The van der Waals surface area contributed by atoms with Crippen molar-refractivity contribution in [1.29, 1.82) is 0 Å². The molecule has 1 N–H and O–H groups in total. The highest BCUT2D eigenvalue weighted by atomic mass is 35.5. The molecule has 1 aromatic heterocycles. The highest BCUT2D eigenvalue weighted by Crippen LogP contribution is 2.25. The van der Waals surface area contributed by atoms with Gasteiger partial charge in [0, 0.05) is 32.4 Å². The van der Waals surface area contributed by atoms with E-state index in [9.17, 15) is 10.1 Å². The van der Waals surface area contributed by atoms with Gasteiger partial charge in [-0.25, -0.2) is 0 Å². The second kappa shape index (κ2) is 5.81. The van der Waals surface area contributed by atoms with Crippen molar-refractivity contribution >= 4 is 17.3 Å². The van der Waals surface area contributed by atoms with Crippen LogP contribution in [0.3, 0.4) is 0 Å². The maximum atomic E-state index is 10.9. The van der Waals surface area contributed by atoms with E-state index in [0.717, 1.165) is 5.69 Å². The molecule has 0 radical (unpaired) electrons. The molecule has 0 aliphatic carbocycles. The number of halogens is 1. The second-order valence-corrected chi connectivity index (χ2v) is 4.49. The summed E-state index contributed by atoms with van der Waals surface area (Å²) in [6.45, 7) is 0.857. The van der Waals surface area contributed by atoms with Gasteiger partial charge in [-0.15, -0.1) is 0 Å². The van der Waals surface area contributed by atoms with Gasteiger partial charge in [-0.1, -0.05) is 17.7 Å². The minimum absolute atomic E-state index is 0.0287. The summed E-state index contributed by atoms with van der Waals surface area (Å²) in [4.78, 5) is 10.5. The fraction of sp³-hybridized carbons (Fsp3) is 0.250. The van der Waals surface area contributed by atoms with Crippen molar-refractivity contribution in [3.8, 4) is 0 Å². The van der Waals surface area contributed by atoms with Gasteiger partial charge in [-0.2, -0.15) is 5.10 Å². The first-order valence-corrected chi connectivity index (χ1v) is 6.06. The average molecular weight is 281 g/mol. The smallest absolute Gasteiger partial charge is 0.275 e. The summed E-state index contributed by atoms with van der Waals surface area (Å²) in [6.07, 6.45) is 1.84. The van der Waals surface area contributed by atoms with E-state index in [0.29, 0.717) is 23.7 Å². The molecule has 0 fully saturated rings. The molecule has 6 nitrogen and oxygen atoms in total. The van der Waals surface area contributed by atoms with Crippen molar-refractivity contribution in [3.05, 3.63) is 56.9 Å². The number of benzene rings is 1. The number of aromatic nitrogens is 2. The second-order valence-electron chi connectivity index (χ2n) is 4.08. The highest BCUT2D eigenvalue weighted by molar-refractivity contribution is 6.31. The molecule has 19 heavy (non-hydrogen) atoms. The van der Waals surface area contributed by atoms with Gasteiger partial charge in [0.05, 0.1) is 21.2 Å². The largest absolute Gasteiger partial charge is 0.307 e. The van der Waals surface area contributed by atoms with Crippen molar-refractivity contribution in [2.75, 3.05) is 0 Å². The summed E-state index contributed by atoms with van der Waals surface area (Å²) in [6, 6.07) is 6.55. The zero-order valence-corrected chi connectivity index (χ0v) is 11.1.